The van der Waals surface area contributed by atoms with Gasteiger partial charge in [0.15, 0.2) is 29.1 Å². The van der Waals surface area contributed by atoms with Crippen LogP contribution in [-0.4, -0.2) is 124 Å². The predicted molar refractivity (Wildman–Crippen MR) is 476 cm³/mol. The predicted octanol–water partition coefficient (Wildman–Crippen LogP) is 21.1. The van der Waals surface area contributed by atoms with E-state index in [4.69, 9.17) is 85.3 Å². The highest BCUT2D eigenvalue weighted by molar-refractivity contribution is 7.16. The molecule has 12 aromatic rings. The van der Waals surface area contributed by atoms with Crippen LogP contribution < -0.4 is 0 Å². The molecular weight excluding hydrogens is 1660 g/mol. The van der Waals surface area contributed by atoms with Crippen LogP contribution in [0.4, 0.5) is 0 Å². The van der Waals surface area contributed by atoms with Gasteiger partial charge in [-0.05, 0) is 208 Å². The Labute approximate surface area is 728 Å². The summed E-state index contributed by atoms with van der Waals surface area (Å²) in [5.74, 6) is 4.96. The molecule has 119 heavy (non-hydrogen) atoms. The van der Waals surface area contributed by atoms with E-state index in [-0.39, 0.29) is 43.8 Å². The second kappa shape index (κ2) is 34.9. The van der Waals surface area contributed by atoms with Gasteiger partial charge in [-0.25, -0.2) is 0 Å². The molecule has 0 fully saturated rings. The molecule has 31 heteroatoms. The van der Waals surface area contributed by atoms with E-state index in [0.29, 0.717) is 38.4 Å². The number of nitrogens with zero attached hydrogens (tertiary/aromatic N) is 16. The largest absolute Gasteiger partial charge is 0.460 e. The number of carbonyl (C=O) groups is 3. The molecule has 0 aliphatic carbocycles. The highest BCUT2D eigenvalue weighted by Gasteiger charge is 2.40. The van der Waals surface area contributed by atoms with Crippen molar-refractivity contribution in [2.45, 2.75) is 211 Å². The molecule has 0 saturated carbocycles. The zero-order valence-corrected chi connectivity index (χ0v) is 76.6. The average molecular weight is 1760 g/mol. The van der Waals surface area contributed by atoms with Gasteiger partial charge in [0.1, 0.15) is 84.6 Å². The molecule has 0 saturated heterocycles. The smallest absolute Gasteiger partial charge is 0.308 e. The lowest BCUT2D eigenvalue weighted by Crippen LogP contribution is -2.25. The van der Waals surface area contributed by atoms with Crippen LogP contribution in [0.5, 0.6) is 0 Å². The van der Waals surface area contributed by atoms with Crippen molar-refractivity contribution in [2.24, 2.45) is 20.0 Å². The molecular formula is C88H94Cl4N16O7S4. The van der Waals surface area contributed by atoms with Crippen molar-refractivity contribution in [3.63, 3.8) is 0 Å². The van der Waals surface area contributed by atoms with E-state index < -0.39 is 40.5 Å². The van der Waals surface area contributed by atoms with Crippen molar-refractivity contribution in [1.29, 1.82) is 0 Å². The summed E-state index contributed by atoms with van der Waals surface area (Å²) in [5, 5.41) is 43.9. The standard InChI is InChI=1S/C24H27ClN4O3S.C24H27ClN4O2S.C21H21ClN4O2S.C19H19ClN4S/c1-13-14(2)33-23-20(13)21(15-7-9-16(25)10-8-15)26-17(11-19(30)32-24(3,4)5)22-28-27-18(12-31-6)29(22)23;1-7-18-27-28-22-17(12-19(30)31-24(4,5)6)26-21(15-8-10-16(25)11-9-15)20-13(2)14(3)32-23(20)29(18)22;1-12-24-25-19-16(11-17(27)28-21(2,3)4)23-18(13-5-7-14(22)8-6-13)15-9-10-29-20(15)26(12)19;1-10-11(2)25-17-15(10)16(13-6-8-14(20)9-7-13)21-19(4,5)18-23-22-12(3)24(17)18/h7-10,17H,11-12H2,1-6H3;8-11,17H,7,12H2,1-6H3;5-10,16H,11H2,1-4H3;6-9H,1-5H3/t2*17-;16-;/m000./s1. The number of rotatable bonds is 13. The number of hydrogen-bond donors (Lipinski definition) is 0. The van der Waals surface area contributed by atoms with E-state index in [1.165, 1.54) is 31.3 Å². The fourth-order valence-electron chi connectivity index (χ4n) is 14.2. The molecule has 0 unspecified atom stereocenters. The molecule has 12 heterocycles. The topological polar surface area (TPSA) is 260 Å². The molecule has 3 atom stereocenters. The minimum absolute atomic E-state index is 0.0481. The highest BCUT2D eigenvalue weighted by atomic mass is 35.5. The van der Waals surface area contributed by atoms with Gasteiger partial charge < -0.3 is 18.9 Å². The first-order valence-electron chi connectivity index (χ1n) is 38.8. The Morgan fingerprint density at radius 2 is 0.756 bits per heavy atom. The molecule has 0 N–H and O–H groups in total. The van der Waals surface area contributed by atoms with Crippen molar-refractivity contribution < 1.29 is 33.3 Å². The third-order valence-corrected chi connectivity index (χ3v) is 25.3. The summed E-state index contributed by atoms with van der Waals surface area (Å²) >= 11 is 31.2. The summed E-state index contributed by atoms with van der Waals surface area (Å²) in [6.07, 6.45) is 0.939. The molecule has 23 nitrogen and oxygen atoms in total. The molecule has 8 aromatic heterocycles. The molecule has 4 aromatic carbocycles. The molecule has 4 aliphatic rings. The Bertz CT molecular complexity index is 5970. The number of esters is 3. The zero-order chi connectivity index (χ0) is 85.8. The Balaban J connectivity index is 0.000000138. The number of methoxy groups -OCH3 is 1. The fourth-order valence-corrected chi connectivity index (χ4v) is 19.2. The molecule has 0 bridgehead atoms. The van der Waals surface area contributed by atoms with Crippen LogP contribution in [0.2, 0.25) is 20.1 Å². The van der Waals surface area contributed by atoms with Gasteiger partial charge >= 0.3 is 17.9 Å². The number of benzene rings is 4. The normalized spacial score (nSPS) is 15.6. The van der Waals surface area contributed by atoms with Crippen LogP contribution in [0.1, 0.15) is 243 Å². The first kappa shape index (κ1) is 87.3. The Morgan fingerprint density at radius 1 is 0.420 bits per heavy atom. The van der Waals surface area contributed by atoms with E-state index in [1.807, 2.05) is 194 Å². The number of halogens is 4. The van der Waals surface area contributed by atoms with Crippen LogP contribution in [0, 0.1) is 55.4 Å². The maximum Gasteiger partial charge on any atom is 0.308 e. The van der Waals surface area contributed by atoms with Crippen LogP contribution in [0.15, 0.2) is 128 Å². The minimum Gasteiger partial charge on any atom is -0.460 e. The number of carbonyl (C=O) groups excluding carboxylic acids is 3. The van der Waals surface area contributed by atoms with Gasteiger partial charge in [-0.3, -0.25) is 52.6 Å². The molecule has 0 amide bonds. The van der Waals surface area contributed by atoms with Crippen LogP contribution in [-0.2, 0) is 51.9 Å². The van der Waals surface area contributed by atoms with E-state index in [2.05, 4.69) is 112 Å². The van der Waals surface area contributed by atoms with Crippen LogP contribution in [0.3, 0.4) is 0 Å². The van der Waals surface area contributed by atoms with Gasteiger partial charge in [0.05, 0.1) is 42.1 Å². The van der Waals surface area contributed by atoms with Crippen molar-refractivity contribution in [1.82, 2.24) is 59.1 Å². The molecule has 16 rings (SSSR count). The first-order valence-corrected chi connectivity index (χ1v) is 43.7. The third kappa shape index (κ3) is 18.8. The summed E-state index contributed by atoms with van der Waals surface area (Å²) in [6.45, 7) is 39.8. The van der Waals surface area contributed by atoms with Gasteiger partial charge in [-0.15, -0.1) is 86.1 Å². The average Bonchev–Trinajstić information content (AvgIpc) is 1.59. The second-order valence-electron chi connectivity index (χ2n) is 32.7. The molecule has 4 aliphatic heterocycles. The molecule has 0 radical (unpaired) electrons. The van der Waals surface area contributed by atoms with Crippen molar-refractivity contribution in [3.05, 3.63) is 251 Å². The van der Waals surface area contributed by atoms with Gasteiger partial charge in [0, 0.05) is 92.8 Å². The number of hydrogen-bond acceptors (Lipinski definition) is 23. The molecule has 0 spiro atoms. The SMILES string of the molecule is CCc1nnc2n1-c1sc(C)c(C)c1C(c1ccc(Cl)cc1)=N[C@H]2CC(=O)OC(C)(C)C.COCc1nnc2n1-c1sc(C)c(C)c1C(c1ccc(Cl)cc1)=N[C@H]2CC(=O)OC(C)(C)C.Cc1nnc2n1-c1sccc1C(c1ccc(Cl)cc1)=N[C@H]2CC(=O)OC(C)(C)C.Cc1sc2c(c1C)C(c1ccc(Cl)cc1)=NC(C)(C)c1nnc(C)n1-2. The summed E-state index contributed by atoms with van der Waals surface area (Å²) in [5.41, 5.74) is 12.8. The minimum atomic E-state index is -0.592. The Kier molecular flexibility index (Phi) is 25.6. The van der Waals surface area contributed by atoms with Crippen molar-refractivity contribution >= 4 is 133 Å². The Hall–Kier alpha value is -9.55. The Morgan fingerprint density at radius 3 is 1.16 bits per heavy atom. The van der Waals surface area contributed by atoms with E-state index >= 15 is 0 Å². The molecule has 620 valence electrons. The number of aromatic nitrogens is 12. The lowest BCUT2D eigenvalue weighted by molar-refractivity contribution is -0.156. The second-order valence-corrected chi connectivity index (χ2v) is 38.9. The maximum absolute atomic E-state index is 12.8. The van der Waals surface area contributed by atoms with E-state index in [9.17, 15) is 14.4 Å². The van der Waals surface area contributed by atoms with Crippen molar-refractivity contribution in [3.8, 4) is 20.0 Å². The quantitative estimate of drug-likeness (QED) is 0.0767. The lowest BCUT2D eigenvalue weighted by atomic mass is 9.98. The third-order valence-electron chi connectivity index (χ3n) is 19.8. The summed E-state index contributed by atoms with van der Waals surface area (Å²) in [4.78, 5) is 62.2. The van der Waals surface area contributed by atoms with Gasteiger partial charge in [-0.2, -0.15) is 0 Å². The van der Waals surface area contributed by atoms with E-state index in [0.717, 1.165) is 122 Å². The maximum atomic E-state index is 12.8. The summed E-state index contributed by atoms with van der Waals surface area (Å²) < 4.78 is 30.4. The first-order chi connectivity index (χ1) is 56.2. The number of ether oxygens (including phenoxy) is 4. The van der Waals surface area contributed by atoms with Crippen molar-refractivity contribution in [2.75, 3.05) is 7.11 Å². The lowest BCUT2D eigenvalue weighted by Gasteiger charge is -2.21. The number of thiophene rings is 4. The zero-order valence-electron chi connectivity index (χ0n) is 70.3. The summed E-state index contributed by atoms with van der Waals surface area (Å²) in [7, 11) is 1.62. The number of aliphatic imine (C=N–C) groups is 4. The monoisotopic (exact) mass is 1750 g/mol. The number of fused-ring (bicyclic) bond motifs is 12. The van der Waals surface area contributed by atoms with Gasteiger partial charge in [0.2, 0.25) is 0 Å². The summed E-state index contributed by atoms with van der Waals surface area (Å²) in [6, 6.07) is 31.1. The fraction of sp³-hybridized carbons (Fsp3) is 0.375. The van der Waals surface area contributed by atoms with Gasteiger partial charge in [-0.1, -0.05) is 102 Å². The van der Waals surface area contributed by atoms with Crippen LogP contribution in [0.25, 0.3) is 20.0 Å². The number of aryl methyl sites for hydroxylation is 6. The van der Waals surface area contributed by atoms with Gasteiger partial charge in [0.25, 0.3) is 0 Å². The van der Waals surface area contributed by atoms with Crippen LogP contribution >= 0.6 is 91.8 Å². The highest BCUT2D eigenvalue weighted by Crippen LogP contribution is 2.45. The van der Waals surface area contributed by atoms with E-state index in [1.54, 1.807) is 52.5 Å².